The Hall–Kier alpha value is -3.36. The van der Waals surface area contributed by atoms with Crippen molar-refractivity contribution in [2.75, 3.05) is 32.0 Å². The molecule has 2 aromatic rings. The average molecular weight is 497 g/mol. The summed E-state index contributed by atoms with van der Waals surface area (Å²) in [5.74, 6) is -1.07. The SMILES string of the molecule is CN1CCC(CNC(=O)C2=C(C(=O)Nc3ccc(CC(=O)c4ccc(F)cc4Cl)cc3)CC=N2)C1. The van der Waals surface area contributed by atoms with Crippen LogP contribution in [0.5, 0.6) is 0 Å². The van der Waals surface area contributed by atoms with Gasteiger partial charge in [-0.2, -0.15) is 0 Å². The van der Waals surface area contributed by atoms with Crippen molar-refractivity contribution < 1.29 is 18.8 Å². The number of likely N-dealkylation sites (tertiary alicyclic amines) is 1. The van der Waals surface area contributed by atoms with Crippen molar-refractivity contribution in [1.29, 1.82) is 0 Å². The molecule has 0 bridgehead atoms. The zero-order valence-electron chi connectivity index (χ0n) is 19.3. The molecule has 7 nitrogen and oxygen atoms in total. The molecule has 4 rings (SSSR count). The highest BCUT2D eigenvalue weighted by molar-refractivity contribution is 6.34. The van der Waals surface area contributed by atoms with Crippen LogP contribution in [0, 0.1) is 11.7 Å². The van der Waals surface area contributed by atoms with Crippen LogP contribution >= 0.6 is 11.6 Å². The summed E-state index contributed by atoms with van der Waals surface area (Å²) in [4.78, 5) is 44.3. The predicted octanol–water partition coefficient (Wildman–Crippen LogP) is 3.64. The van der Waals surface area contributed by atoms with Gasteiger partial charge in [-0.25, -0.2) is 4.39 Å². The van der Waals surface area contributed by atoms with Gasteiger partial charge < -0.3 is 15.5 Å². The molecule has 9 heteroatoms. The van der Waals surface area contributed by atoms with Crippen LogP contribution in [-0.2, 0) is 16.0 Å². The molecule has 0 radical (unpaired) electrons. The molecular formula is C26H26ClFN4O3. The van der Waals surface area contributed by atoms with Crippen LogP contribution < -0.4 is 10.6 Å². The third-order valence-electron chi connectivity index (χ3n) is 6.14. The maximum Gasteiger partial charge on any atom is 0.270 e. The summed E-state index contributed by atoms with van der Waals surface area (Å²) >= 11 is 5.97. The summed E-state index contributed by atoms with van der Waals surface area (Å²) in [6, 6.07) is 10.5. The maximum atomic E-state index is 13.2. The molecule has 2 N–H and O–H groups in total. The Labute approximate surface area is 208 Å². The van der Waals surface area contributed by atoms with Crippen LogP contribution in [0.2, 0.25) is 5.02 Å². The quantitative estimate of drug-likeness (QED) is 0.546. The van der Waals surface area contributed by atoms with E-state index in [4.69, 9.17) is 11.6 Å². The van der Waals surface area contributed by atoms with E-state index in [2.05, 4.69) is 27.6 Å². The Morgan fingerprint density at radius 2 is 1.91 bits per heavy atom. The molecule has 2 aliphatic rings. The summed E-state index contributed by atoms with van der Waals surface area (Å²) in [5, 5.41) is 5.76. The number of Topliss-reactive ketones (excluding diaryl/α,β-unsaturated/α-hetero) is 1. The molecule has 2 aromatic carbocycles. The normalized spacial score (nSPS) is 17.6. The zero-order valence-corrected chi connectivity index (χ0v) is 20.1. The molecule has 1 unspecified atom stereocenters. The number of halogens is 2. The van der Waals surface area contributed by atoms with Crippen LogP contribution in [0.15, 0.2) is 58.7 Å². The Morgan fingerprint density at radius 1 is 1.14 bits per heavy atom. The van der Waals surface area contributed by atoms with Gasteiger partial charge in [0.05, 0.1) is 10.6 Å². The standard InChI is InChI=1S/C26H26ClFN4O3/c1-32-11-9-17(15-32)14-30-26(35)24-21(8-10-29-24)25(34)31-19-5-2-16(3-6-19)12-23(33)20-7-4-18(28)13-22(20)27/h2-7,10,13,17H,8-9,11-12,14-15H2,1H3,(H,30,35)(H,31,34). The molecule has 35 heavy (non-hydrogen) atoms. The van der Waals surface area contributed by atoms with Gasteiger partial charge in [0.25, 0.3) is 11.8 Å². The van der Waals surface area contributed by atoms with Gasteiger partial charge in [-0.05, 0) is 61.8 Å². The van der Waals surface area contributed by atoms with Crippen molar-refractivity contribution in [3.63, 3.8) is 0 Å². The topological polar surface area (TPSA) is 90.9 Å². The number of ketones is 1. The molecule has 2 amide bonds. The van der Waals surface area contributed by atoms with E-state index in [1.54, 1.807) is 30.5 Å². The molecular weight excluding hydrogens is 471 g/mol. The number of hydrogen-bond donors (Lipinski definition) is 2. The van der Waals surface area contributed by atoms with Crippen LogP contribution in [0.3, 0.4) is 0 Å². The van der Waals surface area contributed by atoms with Crippen molar-refractivity contribution in [2.24, 2.45) is 10.9 Å². The third-order valence-corrected chi connectivity index (χ3v) is 6.45. The Morgan fingerprint density at radius 3 is 2.60 bits per heavy atom. The second-order valence-electron chi connectivity index (χ2n) is 8.85. The molecule has 0 aliphatic carbocycles. The smallest absolute Gasteiger partial charge is 0.270 e. The summed E-state index contributed by atoms with van der Waals surface area (Å²) in [6.07, 6.45) is 2.96. The first-order valence-corrected chi connectivity index (χ1v) is 11.8. The van der Waals surface area contributed by atoms with E-state index in [0.717, 1.165) is 31.1 Å². The third kappa shape index (κ3) is 6.21. The highest BCUT2D eigenvalue weighted by Gasteiger charge is 2.25. The summed E-state index contributed by atoms with van der Waals surface area (Å²) in [5.41, 5.74) is 1.96. The van der Waals surface area contributed by atoms with Gasteiger partial charge in [-0.3, -0.25) is 19.4 Å². The monoisotopic (exact) mass is 496 g/mol. The van der Waals surface area contributed by atoms with E-state index >= 15 is 0 Å². The minimum absolute atomic E-state index is 0.0707. The Kier molecular flexibility index (Phi) is 7.73. The van der Waals surface area contributed by atoms with E-state index in [1.807, 2.05) is 0 Å². The molecule has 2 heterocycles. The second kappa shape index (κ2) is 10.9. The van der Waals surface area contributed by atoms with Crippen LogP contribution in [-0.4, -0.2) is 55.4 Å². The molecule has 182 valence electrons. The molecule has 1 saturated heterocycles. The van der Waals surface area contributed by atoms with Gasteiger partial charge in [-0.1, -0.05) is 23.7 Å². The van der Waals surface area contributed by atoms with Crippen molar-refractivity contribution in [3.8, 4) is 0 Å². The average Bonchev–Trinajstić information content (AvgIpc) is 3.48. The maximum absolute atomic E-state index is 13.2. The number of carbonyl (C=O) groups excluding carboxylic acids is 3. The number of anilines is 1. The molecule has 0 aromatic heterocycles. The first kappa shape index (κ1) is 24.8. The van der Waals surface area contributed by atoms with Crippen LogP contribution in [0.1, 0.15) is 28.8 Å². The van der Waals surface area contributed by atoms with Crippen LogP contribution in [0.4, 0.5) is 10.1 Å². The minimum atomic E-state index is -0.503. The van der Waals surface area contributed by atoms with Crippen LogP contribution in [0.25, 0.3) is 0 Å². The molecule has 0 spiro atoms. The fraction of sp³-hybridized carbons (Fsp3) is 0.308. The number of nitrogens with zero attached hydrogens (tertiary/aromatic N) is 2. The molecule has 0 saturated carbocycles. The Bertz CT molecular complexity index is 1210. The lowest BCUT2D eigenvalue weighted by Crippen LogP contribution is -2.32. The van der Waals surface area contributed by atoms with E-state index < -0.39 is 11.7 Å². The first-order chi connectivity index (χ1) is 16.8. The van der Waals surface area contributed by atoms with Gasteiger partial charge in [0.2, 0.25) is 0 Å². The minimum Gasteiger partial charge on any atom is -0.350 e. The number of nitrogens with one attached hydrogen (secondary N) is 2. The fourth-order valence-corrected chi connectivity index (χ4v) is 4.49. The van der Waals surface area contributed by atoms with E-state index in [1.165, 1.54) is 12.1 Å². The highest BCUT2D eigenvalue weighted by atomic mass is 35.5. The van der Waals surface area contributed by atoms with Crippen molar-refractivity contribution in [3.05, 3.63) is 75.7 Å². The predicted molar refractivity (Wildman–Crippen MR) is 133 cm³/mol. The number of aliphatic imine (C=N–C) groups is 1. The highest BCUT2D eigenvalue weighted by Crippen LogP contribution is 2.22. The summed E-state index contributed by atoms with van der Waals surface area (Å²) in [6.45, 7) is 2.51. The number of benzene rings is 2. The van der Waals surface area contributed by atoms with Crippen molar-refractivity contribution >= 4 is 41.1 Å². The zero-order chi connectivity index (χ0) is 24.9. The van der Waals surface area contributed by atoms with E-state index in [0.29, 0.717) is 23.7 Å². The number of rotatable bonds is 8. The number of hydrogen-bond acceptors (Lipinski definition) is 5. The van der Waals surface area contributed by atoms with Gasteiger partial charge in [0.15, 0.2) is 5.78 Å². The van der Waals surface area contributed by atoms with Crippen molar-refractivity contribution in [2.45, 2.75) is 19.3 Å². The Balaban J connectivity index is 1.34. The van der Waals surface area contributed by atoms with Gasteiger partial charge >= 0.3 is 0 Å². The lowest BCUT2D eigenvalue weighted by atomic mass is 10.0. The van der Waals surface area contributed by atoms with Gasteiger partial charge in [0.1, 0.15) is 11.5 Å². The number of carbonyl (C=O) groups is 3. The fourth-order valence-electron chi connectivity index (χ4n) is 4.22. The molecule has 1 atom stereocenters. The lowest BCUT2D eigenvalue weighted by molar-refractivity contribution is -0.118. The first-order valence-electron chi connectivity index (χ1n) is 11.4. The van der Waals surface area contributed by atoms with Crippen molar-refractivity contribution in [1.82, 2.24) is 10.2 Å². The summed E-state index contributed by atoms with van der Waals surface area (Å²) < 4.78 is 13.2. The summed E-state index contributed by atoms with van der Waals surface area (Å²) in [7, 11) is 2.06. The van der Waals surface area contributed by atoms with E-state index in [-0.39, 0.29) is 40.8 Å². The number of amides is 2. The lowest BCUT2D eigenvalue weighted by Gasteiger charge is -2.12. The van der Waals surface area contributed by atoms with E-state index in [9.17, 15) is 18.8 Å². The second-order valence-corrected chi connectivity index (χ2v) is 9.25. The van der Waals surface area contributed by atoms with Gasteiger partial charge in [-0.15, -0.1) is 0 Å². The largest absolute Gasteiger partial charge is 0.350 e. The molecule has 2 aliphatic heterocycles. The molecule has 1 fully saturated rings. The van der Waals surface area contributed by atoms with Gasteiger partial charge in [0, 0.05) is 43.4 Å².